The molecule has 0 fully saturated rings. The third-order valence-electron chi connectivity index (χ3n) is 0.727. The van der Waals surface area contributed by atoms with Crippen LogP contribution in [0.1, 0.15) is 6.42 Å². The van der Waals surface area contributed by atoms with Crippen LogP contribution in [-0.2, 0) is 0 Å². The van der Waals surface area contributed by atoms with Crippen LogP contribution < -0.4 is 5.31 Å². The number of rotatable bonds is 0. The van der Waals surface area contributed by atoms with Crippen LogP contribution in [0.25, 0.3) is 0 Å². The highest BCUT2D eigenvalue weighted by atomic mass is 15.0. The van der Waals surface area contributed by atoms with Crippen LogP contribution in [0.4, 0.5) is 0 Å². The van der Waals surface area contributed by atoms with Crippen molar-refractivity contribution in [3.05, 3.63) is 0 Å². The summed E-state index contributed by atoms with van der Waals surface area (Å²) in [6.45, 7) is 1.39. The molecule has 0 aromatic carbocycles. The SMILES string of the molecule is [2H]N1CCC=NC1. The lowest BCUT2D eigenvalue weighted by molar-refractivity contribution is 0.699. The van der Waals surface area contributed by atoms with Gasteiger partial charge in [-0.15, -0.1) is 0 Å². The predicted molar refractivity (Wildman–Crippen MR) is 26.0 cm³/mol. The van der Waals surface area contributed by atoms with Crippen molar-refractivity contribution >= 4 is 6.21 Å². The summed E-state index contributed by atoms with van der Waals surface area (Å²) in [6, 6.07) is 0. The third-order valence-corrected chi connectivity index (χ3v) is 0.727. The average molecular weight is 85.1 g/mol. The largest absolute Gasteiger partial charge is 0.298 e. The van der Waals surface area contributed by atoms with Gasteiger partial charge in [0.05, 0.1) is 6.67 Å². The molecule has 1 heterocycles. The molecule has 0 spiro atoms. The summed E-state index contributed by atoms with van der Waals surface area (Å²) in [6.07, 6.45) is 2.80. The zero-order valence-corrected chi connectivity index (χ0v) is 3.59. The molecule has 0 aromatic rings. The van der Waals surface area contributed by atoms with Gasteiger partial charge in [-0.2, -0.15) is 0 Å². The molecule has 0 saturated heterocycles. The quantitative estimate of drug-likeness (QED) is 0.440. The first kappa shape index (κ1) is 2.75. The molecule has 0 unspecified atom stereocenters. The zero-order valence-electron chi connectivity index (χ0n) is 4.59. The normalized spacial score (nSPS) is 27.0. The van der Waals surface area contributed by atoms with Crippen molar-refractivity contribution < 1.29 is 1.41 Å². The van der Waals surface area contributed by atoms with E-state index in [1.54, 1.807) is 0 Å². The Kier molecular flexibility index (Phi) is 0.881. The predicted octanol–water partition coefficient (Wildman–Crippen LogP) is 0.00800. The summed E-state index contributed by atoms with van der Waals surface area (Å²) < 4.78 is 6.99. The number of hydrogen-bond acceptors (Lipinski definition) is 2. The maximum absolute atomic E-state index is 6.99. The fourth-order valence-electron chi connectivity index (χ4n) is 0.426. The highest BCUT2D eigenvalue weighted by Gasteiger charge is 1.85. The Morgan fingerprint density at radius 2 is 3.00 bits per heavy atom. The molecule has 0 aliphatic carbocycles. The molecular formula is C4H8N2. The molecule has 0 aromatic heterocycles. The minimum atomic E-state index is 0.556. The highest BCUT2D eigenvalue weighted by molar-refractivity contribution is 5.57. The molecule has 0 bridgehead atoms. The van der Waals surface area contributed by atoms with Crippen molar-refractivity contribution in [3.8, 4) is 0 Å². The Labute approximate surface area is 38.7 Å². The summed E-state index contributed by atoms with van der Waals surface area (Å²) in [5.41, 5.74) is 0. The van der Waals surface area contributed by atoms with Crippen molar-refractivity contribution in [2.75, 3.05) is 13.2 Å². The first-order chi connectivity index (χ1) is 3.39. The van der Waals surface area contributed by atoms with Gasteiger partial charge < -0.3 is 0 Å². The van der Waals surface area contributed by atoms with Crippen LogP contribution in [-0.4, -0.2) is 19.4 Å². The Balaban J connectivity index is 2.32. The van der Waals surface area contributed by atoms with E-state index in [4.69, 9.17) is 1.41 Å². The second kappa shape index (κ2) is 1.92. The van der Waals surface area contributed by atoms with Crippen LogP contribution in [0.5, 0.6) is 0 Å². The van der Waals surface area contributed by atoms with Crippen LogP contribution in [0.2, 0.25) is 1.41 Å². The van der Waals surface area contributed by atoms with Gasteiger partial charge in [0.15, 0.2) is 0 Å². The third kappa shape index (κ3) is 0.792. The van der Waals surface area contributed by atoms with Crippen molar-refractivity contribution in [3.63, 3.8) is 0 Å². The smallest absolute Gasteiger partial charge is 0.124 e. The van der Waals surface area contributed by atoms with Crippen LogP contribution in [0.3, 0.4) is 0 Å². The Morgan fingerprint density at radius 3 is 3.33 bits per heavy atom. The maximum Gasteiger partial charge on any atom is 0.124 e. The molecule has 34 valence electrons. The molecular weight excluding hydrogens is 76.1 g/mol. The minimum Gasteiger partial charge on any atom is -0.298 e. The molecule has 0 saturated carbocycles. The Morgan fingerprint density at radius 1 is 2.00 bits per heavy atom. The lowest BCUT2D eigenvalue weighted by Crippen LogP contribution is -2.19. The van der Waals surface area contributed by atoms with Crippen LogP contribution in [0.15, 0.2) is 4.99 Å². The molecule has 1 N–H and O–H groups in total. The lowest BCUT2D eigenvalue weighted by atomic mass is 10.4. The molecule has 0 radical (unpaired) electrons. The van der Waals surface area contributed by atoms with Crippen LogP contribution >= 0.6 is 0 Å². The van der Waals surface area contributed by atoms with Gasteiger partial charge in [-0.3, -0.25) is 10.3 Å². The number of hydrogen-bond donors (Lipinski definition) is 1. The second-order valence-corrected chi connectivity index (χ2v) is 1.24. The van der Waals surface area contributed by atoms with E-state index in [2.05, 4.69) is 4.99 Å². The van der Waals surface area contributed by atoms with Crippen molar-refractivity contribution in [2.24, 2.45) is 4.99 Å². The van der Waals surface area contributed by atoms with Crippen LogP contribution in [0, 0.1) is 0 Å². The second-order valence-electron chi connectivity index (χ2n) is 1.24. The minimum absolute atomic E-state index is 0.556. The topological polar surface area (TPSA) is 24.4 Å². The van der Waals surface area contributed by atoms with E-state index in [-0.39, 0.29) is 0 Å². The summed E-state index contributed by atoms with van der Waals surface area (Å²) >= 11 is 0. The van der Waals surface area contributed by atoms with Gasteiger partial charge in [-0.1, -0.05) is 0 Å². The first-order valence-electron chi connectivity index (χ1n) is 2.56. The summed E-state index contributed by atoms with van der Waals surface area (Å²) in [7, 11) is 0. The van der Waals surface area contributed by atoms with E-state index >= 15 is 0 Å². The van der Waals surface area contributed by atoms with Gasteiger partial charge in [0.25, 0.3) is 0 Å². The van der Waals surface area contributed by atoms with E-state index in [1.165, 1.54) is 5.31 Å². The number of aliphatic imine (C=N–C) groups is 1. The number of nitrogens with zero attached hydrogens (tertiary/aromatic N) is 1. The molecule has 0 atom stereocenters. The highest BCUT2D eigenvalue weighted by Crippen LogP contribution is 1.76. The Bertz CT molecular complexity index is 81.8. The summed E-state index contributed by atoms with van der Waals surface area (Å²) in [4.78, 5) is 3.87. The van der Waals surface area contributed by atoms with E-state index in [9.17, 15) is 0 Å². The average Bonchev–Trinajstić information content (AvgIpc) is 1.69. The first-order valence-corrected chi connectivity index (χ1v) is 2.12. The van der Waals surface area contributed by atoms with Gasteiger partial charge in [-0.25, -0.2) is 0 Å². The molecule has 0 amide bonds. The van der Waals surface area contributed by atoms with Gasteiger partial charge >= 0.3 is 0 Å². The maximum atomic E-state index is 6.99. The zero-order chi connectivity index (χ0) is 5.11. The standard InChI is InChI=1S/C4H8N2/c1-2-5-4-6-3-1/h2,6H,1,3-4H2/i/hD. The molecule has 2 heteroatoms. The lowest BCUT2D eigenvalue weighted by Gasteiger charge is -2.01. The van der Waals surface area contributed by atoms with Gasteiger partial charge in [0, 0.05) is 12.8 Å². The number of nitrogens with one attached hydrogen (secondary N) is 1. The molecule has 6 heavy (non-hydrogen) atoms. The fourth-order valence-corrected chi connectivity index (χ4v) is 0.426. The van der Waals surface area contributed by atoms with E-state index < -0.39 is 0 Å². The molecule has 1 aliphatic rings. The van der Waals surface area contributed by atoms with Crippen molar-refractivity contribution in [2.45, 2.75) is 6.42 Å². The van der Waals surface area contributed by atoms with E-state index in [0.29, 0.717) is 6.67 Å². The summed E-state index contributed by atoms with van der Waals surface area (Å²) in [5, 5.41) is 1.44. The van der Waals surface area contributed by atoms with Crippen molar-refractivity contribution in [1.29, 1.82) is 0 Å². The summed E-state index contributed by atoms with van der Waals surface area (Å²) in [5.74, 6) is 0. The van der Waals surface area contributed by atoms with E-state index in [0.717, 1.165) is 13.0 Å². The van der Waals surface area contributed by atoms with E-state index in [1.807, 2.05) is 6.21 Å². The molecule has 2 nitrogen and oxygen atoms in total. The fraction of sp³-hybridized carbons (Fsp3) is 0.750. The Hall–Kier alpha value is -0.370. The molecule has 1 rings (SSSR count). The monoisotopic (exact) mass is 85.1 g/mol. The van der Waals surface area contributed by atoms with Gasteiger partial charge in [-0.05, 0) is 6.42 Å². The molecule has 1 aliphatic heterocycles. The van der Waals surface area contributed by atoms with Gasteiger partial charge in [0.1, 0.15) is 1.41 Å². The van der Waals surface area contributed by atoms with Gasteiger partial charge in [0.2, 0.25) is 0 Å². The van der Waals surface area contributed by atoms with Crippen molar-refractivity contribution in [1.82, 2.24) is 5.31 Å².